The van der Waals surface area contributed by atoms with E-state index in [9.17, 15) is 4.79 Å². The van der Waals surface area contributed by atoms with Crippen LogP contribution in [-0.2, 0) is 4.74 Å². The first-order chi connectivity index (χ1) is 9.40. The van der Waals surface area contributed by atoms with Crippen LogP contribution < -0.4 is 0 Å². The maximum atomic E-state index is 12.2. The number of benzene rings is 1. The number of nitriles is 1. The maximum Gasteiger partial charge on any atom is 0.410 e. The highest BCUT2D eigenvalue weighted by Crippen LogP contribution is 2.33. The minimum Gasteiger partial charge on any atom is -0.444 e. The van der Waals surface area contributed by atoms with Gasteiger partial charge in [-0.2, -0.15) is 5.26 Å². The number of carbonyl (C=O) groups excluding carboxylic acids is 1. The van der Waals surface area contributed by atoms with Crippen LogP contribution in [0.15, 0.2) is 24.3 Å². The van der Waals surface area contributed by atoms with Crippen LogP contribution in [0.2, 0.25) is 0 Å². The van der Waals surface area contributed by atoms with Crippen molar-refractivity contribution in [2.45, 2.75) is 45.3 Å². The Kier molecular flexibility index (Phi) is 3.99. The fourth-order valence-electron chi connectivity index (χ4n) is 2.47. The van der Waals surface area contributed by atoms with Gasteiger partial charge in [0.05, 0.1) is 17.7 Å². The summed E-state index contributed by atoms with van der Waals surface area (Å²) in [7, 11) is 0. The monoisotopic (exact) mass is 272 g/mol. The standard InChI is InChI=1S/C16H20N2O2/c1-16(2,3)20-15(19)18-9-5-8-14(18)13-7-4-6-12(10-13)11-17/h4,6-7,10,14H,5,8-9H2,1-3H3. The van der Waals surface area contributed by atoms with Gasteiger partial charge in [-0.05, 0) is 51.3 Å². The molecule has 1 aromatic carbocycles. The summed E-state index contributed by atoms with van der Waals surface area (Å²) in [5, 5.41) is 8.98. The van der Waals surface area contributed by atoms with Crippen LogP contribution >= 0.6 is 0 Å². The first-order valence-corrected chi connectivity index (χ1v) is 6.90. The van der Waals surface area contributed by atoms with E-state index >= 15 is 0 Å². The van der Waals surface area contributed by atoms with Gasteiger partial charge in [0, 0.05) is 6.54 Å². The molecule has 0 radical (unpaired) electrons. The maximum absolute atomic E-state index is 12.2. The van der Waals surface area contributed by atoms with Crippen LogP contribution in [0.3, 0.4) is 0 Å². The molecular formula is C16H20N2O2. The molecule has 1 unspecified atom stereocenters. The number of hydrogen-bond acceptors (Lipinski definition) is 3. The number of ether oxygens (including phenoxy) is 1. The van der Waals surface area contributed by atoms with E-state index < -0.39 is 5.60 Å². The van der Waals surface area contributed by atoms with Crippen molar-refractivity contribution in [3.05, 3.63) is 35.4 Å². The van der Waals surface area contributed by atoms with Crippen molar-refractivity contribution in [2.75, 3.05) is 6.54 Å². The van der Waals surface area contributed by atoms with Gasteiger partial charge in [-0.25, -0.2) is 4.79 Å². The van der Waals surface area contributed by atoms with Crippen molar-refractivity contribution < 1.29 is 9.53 Å². The first kappa shape index (κ1) is 14.4. The Morgan fingerprint density at radius 1 is 1.45 bits per heavy atom. The lowest BCUT2D eigenvalue weighted by atomic mass is 10.0. The van der Waals surface area contributed by atoms with E-state index in [1.807, 2.05) is 39.0 Å². The number of carbonyl (C=O) groups is 1. The van der Waals surface area contributed by atoms with Gasteiger partial charge in [-0.1, -0.05) is 12.1 Å². The third-order valence-electron chi connectivity index (χ3n) is 3.28. The molecular weight excluding hydrogens is 252 g/mol. The molecule has 0 bridgehead atoms. The smallest absolute Gasteiger partial charge is 0.410 e. The molecule has 1 fully saturated rings. The minimum atomic E-state index is -0.487. The van der Waals surface area contributed by atoms with E-state index in [1.165, 1.54) is 0 Å². The lowest BCUT2D eigenvalue weighted by Crippen LogP contribution is -2.36. The van der Waals surface area contributed by atoms with Crippen molar-refractivity contribution in [1.82, 2.24) is 4.90 Å². The zero-order chi connectivity index (χ0) is 14.8. The number of hydrogen-bond donors (Lipinski definition) is 0. The van der Waals surface area contributed by atoms with Crippen LogP contribution in [-0.4, -0.2) is 23.1 Å². The molecule has 20 heavy (non-hydrogen) atoms. The summed E-state index contributed by atoms with van der Waals surface area (Å²) >= 11 is 0. The molecule has 1 aromatic rings. The van der Waals surface area contributed by atoms with E-state index in [2.05, 4.69) is 6.07 Å². The summed E-state index contributed by atoms with van der Waals surface area (Å²) in [6, 6.07) is 9.61. The van der Waals surface area contributed by atoms with Crippen LogP contribution in [0.5, 0.6) is 0 Å². The molecule has 4 heteroatoms. The Morgan fingerprint density at radius 2 is 2.20 bits per heavy atom. The zero-order valence-electron chi connectivity index (χ0n) is 12.2. The number of likely N-dealkylation sites (tertiary alicyclic amines) is 1. The van der Waals surface area contributed by atoms with Crippen molar-refractivity contribution in [3.63, 3.8) is 0 Å². The van der Waals surface area contributed by atoms with E-state index in [-0.39, 0.29) is 12.1 Å². The Labute approximate surface area is 120 Å². The highest BCUT2D eigenvalue weighted by Gasteiger charge is 2.33. The third kappa shape index (κ3) is 3.30. The second-order valence-corrected chi connectivity index (χ2v) is 6.07. The quantitative estimate of drug-likeness (QED) is 0.784. The normalized spacial score (nSPS) is 18.7. The van der Waals surface area contributed by atoms with Crippen LogP contribution in [0.4, 0.5) is 4.79 Å². The van der Waals surface area contributed by atoms with Gasteiger partial charge in [-0.15, -0.1) is 0 Å². The predicted octanol–water partition coefficient (Wildman–Crippen LogP) is 3.63. The Hall–Kier alpha value is -2.02. The van der Waals surface area contributed by atoms with Crippen molar-refractivity contribution >= 4 is 6.09 Å². The van der Waals surface area contributed by atoms with Gasteiger partial charge in [0.1, 0.15) is 5.60 Å². The first-order valence-electron chi connectivity index (χ1n) is 6.90. The molecule has 0 spiro atoms. The average molecular weight is 272 g/mol. The number of rotatable bonds is 1. The summed E-state index contributed by atoms with van der Waals surface area (Å²) in [4.78, 5) is 14.0. The van der Waals surface area contributed by atoms with Gasteiger partial charge in [0.2, 0.25) is 0 Å². The average Bonchev–Trinajstić information content (AvgIpc) is 2.86. The van der Waals surface area contributed by atoms with Gasteiger partial charge < -0.3 is 9.64 Å². The molecule has 0 N–H and O–H groups in total. The van der Waals surface area contributed by atoms with Crippen LogP contribution in [0, 0.1) is 11.3 Å². The Bertz CT molecular complexity index is 540. The largest absolute Gasteiger partial charge is 0.444 e. The summed E-state index contributed by atoms with van der Waals surface area (Å²) in [6.07, 6.45) is 1.59. The summed E-state index contributed by atoms with van der Waals surface area (Å²) in [5.41, 5.74) is 1.14. The molecule has 0 aliphatic carbocycles. The minimum absolute atomic E-state index is 0.0122. The predicted molar refractivity (Wildman–Crippen MR) is 76.1 cm³/mol. The van der Waals surface area contributed by atoms with Gasteiger partial charge in [-0.3, -0.25) is 0 Å². The molecule has 0 saturated carbocycles. The topological polar surface area (TPSA) is 53.3 Å². The Morgan fingerprint density at radius 3 is 2.85 bits per heavy atom. The van der Waals surface area contributed by atoms with Gasteiger partial charge in [0.25, 0.3) is 0 Å². The van der Waals surface area contributed by atoms with E-state index in [1.54, 1.807) is 11.0 Å². The third-order valence-corrected chi connectivity index (χ3v) is 3.28. The molecule has 1 heterocycles. The van der Waals surface area contributed by atoms with Crippen molar-refractivity contribution in [1.29, 1.82) is 5.26 Å². The van der Waals surface area contributed by atoms with Gasteiger partial charge >= 0.3 is 6.09 Å². The van der Waals surface area contributed by atoms with Crippen LogP contribution in [0.25, 0.3) is 0 Å². The van der Waals surface area contributed by atoms with Crippen molar-refractivity contribution in [2.24, 2.45) is 0 Å². The lowest BCUT2D eigenvalue weighted by molar-refractivity contribution is 0.0224. The summed E-state index contributed by atoms with van der Waals surface area (Å²) in [6.45, 7) is 6.31. The molecule has 1 aliphatic heterocycles. The molecule has 1 saturated heterocycles. The molecule has 106 valence electrons. The molecule has 2 rings (SSSR count). The second-order valence-electron chi connectivity index (χ2n) is 6.07. The SMILES string of the molecule is CC(C)(C)OC(=O)N1CCCC1c1cccc(C#N)c1. The van der Waals surface area contributed by atoms with Crippen LogP contribution in [0.1, 0.15) is 50.8 Å². The molecule has 1 atom stereocenters. The second kappa shape index (κ2) is 5.54. The number of nitrogens with zero attached hydrogens (tertiary/aromatic N) is 2. The van der Waals surface area contributed by atoms with E-state index in [0.29, 0.717) is 12.1 Å². The fraction of sp³-hybridized carbons (Fsp3) is 0.500. The summed E-state index contributed by atoms with van der Waals surface area (Å²) in [5.74, 6) is 0. The zero-order valence-corrected chi connectivity index (χ0v) is 12.2. The lowest BCUT2D eigenvalue weighted by Gasteiger charge is -2.28. The molecule has 1 aliphatic rings. The van der Waals surface area contributed by atoms with Gasteiger partial charge in [0.15, 0.2) is 0 Å². The van der Waals surface area contributed by atoms with E-state index in [0.717, 1.165) is 18.4 Å². The number of amides is 1. The highest BCUT2D eigenvalue weighted by atomic mass is 16.6. The Balaban J connectivity index is 2.19. The summed E-state index contributed by atoms with van der Waals surface area (Å²) < 4.78 is 5.45. The molecule has 4 nitrogen and oxygen atoms in total. The molecule has 1 amide bonds. The van der Waals surface area contributed by atoms with Crippen molar-refractivity contribution in [3.8, 4) is 6.07 Å². The molecule has 0 aromatic heterocycles. The fourth-order valence-corrected chi connectivity index (χ4v) is 2.47. The van der Waals surface area contributed by atoms with E-state index in [4.69, 9.17) is 10.00 Å². The highest BCUT2D eigenvalue weighted by molar-refractivity contribution is 5.69.